The first-order valence-electron chi connectivity index (χ1n) is 7.64. The summed E-state index contributed by atoms with van der Waals surface area (Å²) in [7, 11) is 0. The van der Waals surface area contributed by atoms with Gasteiger partial charge in [-0.1, -0.05) is 29.3 Å². The molecule has 0 atom stereocenters. The molecule has 0 spiro atoms. The molecular formula is C19H19ClN2OS. The number of halogens is 1. The summed E-state index contributed by atoms with van der Waals surface area (Å²) in [5.74, 6) is 0.315. The Morgan fingerprint density at radius 1 is 1.25 bits per heavy atom. The summed E-state index contributed by atoms with van der Waals surface area (Å²) in [5, 5.41) is 9.53. The first kappa shape index (κ1) is 18.4. The number of thioether (sulfide) groups is 1. The number of nitrogens with zero attached hydrogens (tertiary/aromatic N) is 2. The lowest BCUT2D eigenvalue weighted by Gasteiger charge is -2.22. The Hall–Kier alpha value is -1.96. The minimum Gasteiger partial charge on any atom is -0.311 e. The van der Waals surface area contributed by atoms with E-state index in [0.717, 1.165) is 16.1 Å². The molecule has 0 N–H and O–H groups in total. The highest BCUT2D eigenvalue weighted by Crippen LogP contribution is 2.25. The molecule has 0 saturated carbocycles. The molecule has 24 heavy (non-hydrogen) atoms. The highest BCUT2D eigenvalue weighted by molar-refractivity contribution is 8.00. The van der Waals surface area contributed by atoms with E-state index in [2.05, 4.69) is 12.1 Å². The Bertz CT molecular complexity index is 770. The third-order valence-corrected chi connectivity index (χ3v) is 4.96. The van der Waals surface area contributed by atoms with Gasteiger partial charge in [-0.15, -0.1) is 11.8 Å². The lowest BCUT2D eigenvalue weighted by atomic mass is 10.2. The molecule has 0 aliphatic carbocycles. The first-order chi connectivity index (χ1) is 11.5. The van der Waals surface area contributed by atoms with Crippen LogP contribution in [0, 0.1) is 25.2 Å². The van der Waals surface area contributed by atoms with Gasteiger partial charge in [-0.2, -0.15) is 5.26 Å². The van der Waals surface area contributed by atoms with E-state index in [1.165, 1.54) is 17.3 Å². The number of hydrogen-bond donors (Lipinski definition) is 0. The zero-order chi connectivity index (χ0) is 17.5. The molecule has 0 heterocycles. The Labute approximate surface area is 152 Å². The Morgan fingerprint density at radius 2 is 2.04 bits per heavy atom. The molecule has 0 unspecified atom stereocenters. The second-order valence-corrected chi connectivity index (χ2v) is 6.95. The van der Waals surface area contributed by atoms with E-state index in [4.69, 9.17) is 16.9 Å². The summed E-state index contributed by atoms with van der Waals surface area (Å²) < 4.78 is 0. The number of hydrogen-bond acceptors (Lipinski definition) is 3. The lowest BCUT2D eigenvalue weighted by molar-refractivity contribution is -0.116. The molecule has 0 aliphatic heterocycles. The number of nitriles is 1. The van der Waals surface area contributed by atoms with E-state index in [1.54, 1.807) is 11.0 Å². The minimum absolute atomic E-state index is 0.0153. The first-order valence-corrected chi connectivity index (χ1v) is 9.00. The summed E-state index contributed by atoms with van der Waals surface area (Å²) in [5.41, 5.74) is 2.86. The van der Waals surface area contributed by atoms with Crippen molar-refractivity contribution >= 4 is 35.0 Å². The SMILES string of the molecule is Cc1cccc(SCC(=O)N(CCC#N)c2ccc(Cl)c(C)c2)c1. The van der Waals surface area contributed by atoms with Crippen molar-refractivity contribution < 1.29 is 4.79 Å². The fourth-order valence-corrected chi connectivity index (χ4v) is 3.29. The summed E-state index contributed by atoms with van der Waals surface area (Å²) in [4.78, 5) is 15.4. The molecule has 0 aromatic heterocycles. The van der Waals surface area contributed by atoms with Gasteiger partial charge < -0.3 is 4.90 Å². The molecule has 0 radical (unpaired) electrons. The van der Waals surface area contributed by atoms with Crippen LogP contribution in [0.15, 0.2) is 47.4 Å². The molecule has 124 valence electrons. The second kappa shape index (κ2) is 8.77. The predicted octanol–water partition coefficient (Wildman–Crippen LogP) is 5.00. The van der Waals surface area contributed by atoms with Crippen molar-refractivity contribution in [2.75, 3.05) is 17.2 Å². The van der Waals surface area contributed by atoms with E-state index in [9.17, 15) is 4.79 Å². The topological polar surface area (TPSA) is 44.1 Å². The van der Waals surface area contributed by atoms with Gasteiger partial charge >= 0.3 is 0 Å². The standard InChI is InChI=1S/C19H19ClN2OS/c1-14-5-3-6-17(11-14)24-13-19(23)22(10-4-9-21)16-7-8-18(20)15(2)12-16/h3,5-8,11-12H,4,10,13H2,1-2H3. The summed E-state index contributed by atoms with van der Waals surface area (Å²) in [6, 6.07) is 15.7. The van der Waals surface area contributed by atoms with Crippen LogP contribution >= 0.6 is 23.4 Å². The number of aryl methyl sites for hydroxylation is 2. The van der Waals surface area contributed by atoms with Crippen LogP contribution in [0.3, 0.4) is 0 Å². The fraction of sp³-hybridized carbons (Fsp3) is 0.263. The molecule has 1 amide bonds. The number of amides is 1. The molecule has 0 aliphatic rings. The summed E-state index contributed by atoms with van der Waals surface area (Å²) >= 11 is 7.57. The van der Waals surface area contributed by atoms with Crippen molar-refractivity contribution in [3.8, 4) is 6.07 Å². The zero-order valence-electron chi connectivity index (χ0n) is 13.8. The molecule has 0 bridgehead atoms. The molecular weight excluding hydrogens is 340 g/mol. The largest absolute Gasteiger partial charge is 0.311 e. The number of anilines is 1. The van der Waals surface area contributed by atoms with Gasteiger partial charge in [-0.3, -0.25) is 4.79 Å². The lowest BCUT2D eigenvalue weighted by Crippen LogP contribution is -2.33. The highest BCUT2D eigenvalue weighted by Gasteiger charge is 2.16. The third-order valence-electron chi connectivity index (χ3n) is 3.55. The van der Waals surface area contributed by atoms with Crippen molar-refractivity contribution in [3.63, 3.8) is 0 Å². The van der Waals surface area contributed by atoms with Crippen molar-refractivity contribution in [1.82, 2.24) is 0 Å². The van der Waals surface area contributed by atoms with Crippen LogP contribution in [0.4, 0.5) is 5.69 Å². The number of carbonyl (C=O) groups is 1. The van der Waals surface area contributed by atoms with Gasteiger partial charge in [0, 0.05) is 22.2 Å². The Kier molecular flexibility index (Phi) is 6.72. The van der Waals surface area contributed by atoms with E-state index < -0.39 is 0 Å². The van der Waals surface area contributed by atoms with Gasteiger partial charge in [0.1, 0.15) is 0 Å². The second-order valence-electron chi connectivity index (χ2n) is 5.49. The van der Waals surface area contributed by atoms with E-state index in [1.807, 2.05) is 44.2 Å². The average molecular weight is 359 g/mol. The highest BCUT2D eigenvalue weighted by atomic mass is 35.5. The monoisotopic (exact) mass is 358 g/mol. The number of rotatable bonds is 6. The van der Waals surface area contributed by atoms with E-state index in [0.29, 0.717) is 23.7 Å². The van der Waals surface area contributed by atoms with Crippen LogP contribution in [-0.2, 0) is 4.79 Å². The quantitative estimate of drug-likeness (QED) is 0.683. The van der Waals surface area contributed by atoms with Crippen LogP contribution in [0.2, 0.25) is 5.02 Å². The number of carbonyl (C=O) groups excluding carboxylic acids is 1. The maximum atomic E-state index is 12.7. The fourth-order valence-electron chi connectivity index (χ4n) is 2.28. The van der Waals surface area contributed by atoms with Crippen LogP contribution in [0.1, 0.15) is 17.5 Å². The molecule has 2 aromatic carbocycles. The minimum atomic E-state index is -0.0153. The average Bonchev–Trinajstić information content (AvgIpc) is 2.56. The smallest absolute Gasteiger partial charge is 0.237 e. The molecule has 0 saturated heterocycles. The Morgan fingerprint density at radius 3 is 2.71 bits per heavy atom. The zero-order valence-corrected chi connectivity index (χ0v) is 15.3. The van der Waals surface area contributed by atoms with Crippen molar-refractivity contribution in [2.24, 2.45) is 0 Å². The van der Waals surface area contributed by atoms with Gasteiger partial charge in [-0.25, -0.2) is 0 Å². The molecule has 5 heteroatoms. The predicted molar refractivity (Wildman–Crippen MR) is 101 cm³/mol. The maximum absolute atomic E-state index is 12.7. The van der Waals surface area contributed by atoms with Crippen LogP contribution in [0.25, 0.3) is 0 Å². The van der Waals surface area contributed by atoms with Crippen LogP contribution in [0.5, 0.6) is 0 Å². The number of benzene rings is 2. The third kappa shape index (κ3) is 5.02. The van der Waals surface area contributed by atoms with Crippen LogP contribution in [-0.4, -0.2) is 18.2 Å². The maximum Gasteiger partial charge on any atom is 0.237 e. The molecule has 0 fully saturated rings. The van der Waals surface area contributed by atoms with Gasteiger partial charge in [0.25, 0.3) is 0 Å². The van der Waals surface area contributed by atoms with Gasteiger partial charge in [0.2, 0.25) is 5.91 Å². The van der Waals surface area contributed by atoms with Gasteiger partial charge in [0.05, 0.1) is 18.2 Å². The summed E-state index contributed by atoms with van der Waals surface area (Å²) in [6.45, 7) is 4.31. The summed E-state index contributed by atoms with van der Waals surface area (Å²) in [6.07, 6.45) is 0.294. The van der Waals surface area contributed by atoms with Crippen molar-refractivity contribution in [2.45, 2.75) is 25.2 Å². The van der Waals surface area contributed by atoms with E-state index in [-0.39, 0.29) is 5.91 Å². The van der Waals surface area contributed by atoms with Crippen molar-refractivity contribution in [3.05, 3.63) is 58.6 Å². The van der Waals surface area contributed by atoms with E-state index >= 15 is 0 Å². The van der Waals surface area contributed by atoms with Gasteiger partial charge in [0.15, 0.2) is 0 Å². The Balaban J connectivity index is 2.12. The molecule has 2 aromatic rings. The van der Waals surface area contributed by atoms with Crippen molar-refractivity contribution in [1.29, 1.82) is 5.26 Å². The van der Waals surface area contributed by atoms with Crippen LogP contribution < -0.4 is 4.90 Å². The van der Waals surface area contributed by atoms with Gasteiger partial charge in [-0.05, 0) is 49.7 Å². The normalized spacial score (nSPS) is 10.2. The molecule has 3 nitrogen and oxygen atoms in total. The molecule has 2 rings (SSSR count).